The lowest BCUT2D eigenvalue weighted by Gasteiger charge is -2.25. The Hall–Kier alpha value is -3.94. The first kappa shape index (κ1) is 29.5. The second kappa shape index (κ2) is 13.4. The van der Waals surface area contributed by atoms with Gasteiger partial charge in [-0.25, -0.2) is 0 Å². The summed E-state index contributed by atoms with van der Waals surface area (Å²) >= 11 is 0. The van der Waals surface area contributed by atoms with Gasteiger partial charge in [0.25, 0.3) is 5.91 Å². The molecule has 0 bridgehead atoms. The van der Waals surface area contributed by atoms with Crippen molar-refractivity contribution in [3.63, 3.8) is 0 Å². The van der Waals surface area contributed by atoms with Crippen LogP contribution in [0.1, 0.15) is 64.5 Å². The van der Waals surface area contributed by atoms with Crippen LogP contribution >= 0.6 is 0 Å². The molecule has 42 heavy (non-hydrogen) atoms. The van der Waals surface area contributed by atoms with Crippen LogP contribution in [-0.4, -0.2) is 49.8 Å². The molecule has 1 aliphatic heterocycles. The Labute approximate surface area is 248 Å². The summed E-state index contributed by atoms with van der Waals surface area (Å²) < 4.78 is 17.7. The van der Waals surface area contributed by atoms with Crippen LogP contribution in [0.5, 0.6) is 5.75 Å². The highest BCUT2D eigenvalue weighted by atomic mass is 16.5. The fourth-order valence-corrected chi connectivity index (χ4v) is 5.60. The average molecular weight is 568 g/mol. The van der Waals surface area contributed by atoms with E-state index in [0.29, 0.717) is 49.2 Å². The third-order valence-corrected chi connectivity index (χ3v) is 7.89. The summed E-state index contributed by atoms with van der Waals surface area (Å²) in [5, 5.41) is 7.36. The maximum Gasteiger partial charge on any atom is 0.274 e. The molecule has 5 rings (SSSR count). The molecule has 7 heteroatoms. The third kappa shape index (κ3) is 6.58. The van der Waals surface area contributed by atoms with Crippen molar-refractivity contribution in [3.8, 4) is 28.2 Å². The van der Waals surface area contributed by atoms with E-state index in [1.807, 2.05) is 30.3 Å². The minimum Gasteiger partial charge on any atom is -0.488 e. The molecule has 4 aromatic rings. The first-order valence-electron chi connectivity index (χ1n) is 14.7. The molecule has 2 heterocycles. The Bertz CT molecular complexity index is 1530. The van der Waals surface area contributed by atoms with Crippen molar-refractivity contribution in [2.24, 2.45) is 0 Å². The molecular formula is C35H41N3O4. The van der Waals surface area contributed by atoms with Gasteiger partial charge in [-0.3, -0.25) is 4.79 Å². The molecule has 0 saturated heterocycles. The van der Waals surface area contributed by atoms with Crippen molar-refractivity contribution in [2.75, 3.05) is 33.9 Å². The van der Waals surface area contributed by atoms with Crippen molar-refractivity contribution in [1.29, 1.82) is 0 Å². The zero-order valence-electron chi connectivity index (χ0n) is 25.3. The van der Waals surface area contributed by atoms with Gasteiger partial charge in [-0.1, -0.05) is 67.5 Å². The lowest BCUT2D eigenvalue weighted by Crippen LogP contribution is -2.27. The van der Waals surface area contributed by atoms with Gasteiger partial charge in [0.1, 0.15) is 12.4 Å². The Morgan fingerprint density at radius 1 is 1.10 bits per heavy atom. The standard InChI is InChI=1S/C35H41N3O4/c1-23(2)29-20-30(31(18-24(29)3)41-22-25-10-7-6-8-11-25)34-32(33(37-42-34)35(39)36-15-9-17-40-5)27-12-13-28-21-38(4)16-14-26(28)19-27/h6-8,10-13,18-20,23H,9,14-17,21-22H2,1-5H3,(H,36,39). The van der Waals surface area contributed by atoms with Crippen LogP contribution in [0.2, 0.25) is 0 Å². The van der Waals surface area contributed by atoms with Gasteiger partial charge in [0.15, 0.2) is 11.5 Å². The predicted molar refractivity (Wildman–Crippen MR) is 166 cm³/mol. The molecule has 0 fully saturated rings. The van der Waals surface area contributed by atoms with Gasteiger partial charge in [-0.15, -0.1) is 0 Å². The van der Waals surface area contributed by atoms with Gasteiger partial charge >= 0.3 is 0 Å². The number of likely N-dealkylation sites (N-methyl/N-ethyl adjacent to an activating group) is 1. The number of nitrogens with one attached hydrogen (secondary N) is 1. The van der Waals surface area contributed by atoms with Crippen molar-refractivity contribution in [2.45, 2.75) is 52.7 Å². The second-order valence-electron chi connectivity index (χ2n) is 11.4. The van der Waals surface area contributed by atoms with E-state index in [1.165, 1.54) is 16.7 Å². The number of aromatic nitrogens is 1. The number of aryl methyl sites for hydroxylation is 1. The maximum absolute atomic E-state index is 13.5. The van der Waals surface area contributed by atoms with E-state index >= 15 is 0 Å². The Balaban J connectivity index is 1.62. The summed E-state index contributed by atoms with van der Waals surface area (Å²) in [6, 6.07) is 20.8. The van der Waals surface area contributed by atoms with Crippen LogP contribution < -0.4 is 10.1 Å². The molecule has 3 aromatic carbocycles. The van der Waals surface area contributed by atoms with Gasteiger partial charge in [-0.2, -0.15) is 0 Å². The molecular weight excluding hydrogens is 526 g/mol. The molecule has 1 aromatic heterocycles. The fraction of sp³-hybridized carbons (Fsp3) is 0.371. The largest absolute Gasteiger partial charge is 0.488 e. The lowest BCUT2D eigenvalue weighted by atomic mass is 9.90. The van der Waals surface area contributed by atoms with Crippen molar-refractivity contribution < 1.29 is 18.8 Å². The molecule has 1 aliphatic rings. The predicted octanol–water partition coefficient (Wildman–Crippen LogP) is 6.77. The Morgan fingerprint density at radius 2 is 1.90 bits per heavy atom. The molecule has 0 atom stereocenters. The van der Waals surface area contributed by atoms with Crippen LogP contribution in [0, 0.1) is 6.92 Å². The number of hydrogen-bond acceptors (Lipinski definition) is 6. The molecule has 1 N–H and O–H groups in total. The van der Waals surface area contributed by atoms with E-state index in [1.54, 1.807) is 7.11 Å². The summed E-state index contributed by atoms with van der Waals surface area (Å²) in [6.45, 7) is 9.83. The van der Waals surface area contributed by atoms with E-state index in [4.69, 9.17) is 14.0 Å². The molecule has 0 radical (unpaired) electrons. The highest BCUT2D eigenvalue weighted by Gasteiger charge is 2.28. The Kier molecular flexibility index (Phi) is 9.40. The van der Waals surface area contributed by atoms with Crippen LogP contribution in [0.25, 0.3) is 22.5 Å². The first-order valence-corrected chi connectivity index (χ1v) is 14.7. The second-order valence-corrected chi connectivity index (χ2v) is 11.4. The highest BCUT2D eigenvalue weighted by molar-refractivity contribution is 6.02. The van der Waals surface area contributed by atoms with E-state index in [9.17, 15) is 4.79 Å². The summed E-state index contributed by atoms with van der Waals surface area (Å²) in [7, 11) is 3.80. The van der Waals surface area contributed by atoms with E-state index in [2.05, 4.69) is 73.5 Å². The third-order valence-electron chi connectivity index (χ3n) is 7.89. The number of carbonyl (C=O) groups excluding carboxylic acids is 1. The van der Waals surface area contributed by atoms with E-state index in [-0.39, 0.29) is 11.6 Å². The Morgan fingerprint density at radius 3 is 2.67 bits per heavy atom. The topological polar surface area (TPSA) is 76.8 Å². The summed E-state index contributed by atoms with van der Waals surface area (Å²) in [5.74, 6) is 1.26. The maximum atomic E-state index is 13.5. The normalized spacial score (nSPS) is 13.3. The zero-order chi connectivity index (χ0) is 29.6. The van der Waals surface area contributed by atoms with E-state index < -0.39 is 0 Å². The number of amides is 1. The van der Waals surface area contributed by atoms with Gasteiger partial charge in [0, 0.05) is 33.4 Å². The van der Waals surface area contributed by atoms with Crippen LogP contribution in [0.4, 0.5) is 0 Å². The monoisotopic (exact) mass is 567 g/mol. The minimum absolute atomic E-state index is 0.267. The average Bonchev–Trinajstić information content (AvgIpc) is 3.43. The number of methoxy groups -OCH3 is 1. The number of carbonyl (C=O) groups is 1. The van der Waals surface area contributed by atoms with Crippen LogP contribution in [0.3, 0.4) is 0 Å². The van der Waals surface area contributed by atoms with E-state index in [0.717, 1.165) is 41.8 Å². The molecule has 7 nitrogen and oxygen atoms in total. The molecule has 1 amide bonds. The molecule has 0 saturated carbocycles. The number of nitrogens with zero attached hydrogens (tertiary/aromatic N) is 2. The van der Waals surface area contributed by atoms with Crippen LogP contribution in [0.15, 0.2) is 65.2 Å². The van der Waals surface area contributed by atoms with Gasteiger partial charge in [0.2, 0.25) is 0 Å². The number of hydrogen-bond donors (Lipinski definition) is 1. The smallest absolute Gasteiger partial charge is 0.274 e. The summed E-state index contributed by atoms with van der Waals surface area (Å²) in [6.07, 6.45) is 1.66. The quantitative estimate of drug-likeness (QED) is 0.202. The summed E-state index contributed by atoms with van der Waals surface area (Å²) in [4.78, 5) is 15.8. The minimum atomic E-state index is -0.267. The number of benzene rings is 3. The van der Waals surface area contributed by atoms with Crippen molar-refractivity contribution >= 4 is 5.91 Å². The molecule has 220 valence electrons. The van der Waals surface area contributed by atoms with Crippen molar-refractivity contribution in [3.05, 3.63) is 94.2 Å². The summed E-state index contributed by atoms with van der Waals surface area (Å²) in [5.41, 5.74) is 8.67. The van der Waals surface area contributed by atoms with Crippen LogP contribution in [-0.2, 0) is 24.3 Å². The number of rotatable bonds is 11. The van der Waals surface area contributed by atoms with Crippen molar-refractivity contribution in [1.82, 2.24) is 15.4 Å². The molecule has 0 aliphatic carbocycles. The van der Waals surface area contributed by atoms with Gasteiger partial charge in [-0.05, 0) is 78.2 Å². The number of fused-ring (bicyclic) bond motifs is 1. The van der Waals surface area contributed by atoms with Gasteiger partial charge < -0.3 is 24.2 Å². The molecule has 0 unspecified atom stereocenters. The zero-order valence-corrected chi connectivity index (χ0v) is 25.3. The highest BCUT2D eigenvalue weighted by Crippen LogP contribution is 2.43. The van der Waals surface area contributed by atoms with Gasteiger partial charge in [0.05, 0.1) is 11.1 Å². The first-order chi connectivity index (χ1) is 20.4. The number of ether oxygens (including phenoxy) is 2. The SMILES string of the molecule is COCCCNC(=O)c1noc(-c2cc(C(C)C)c(C)cc2OCc2ccccc2)c1-c1ccc2c(c1)CCN(C)C2. The molecule has 0 spiro atoms. The fourth-order valence-electron chi connectivity index (χ4n) is 5.60. The lowest BCUT2D eigenvalue weighted by molar-refractivity contribution is 0.0940.